The van der Waals surface area contributed by atoms with Crippen LogP contribution in [0.15, 0.2) is 10.7 Å². The average molecular weight is 265 g/mol. The molecule has 0 saturated heterocycles. The lowest BCUT2D eigenvalue weighted by atomic mass is 10.2. The monoisotopic (exact) mass is 264 g/mol. The van der Waals surface area contributed by atoms with E-state index in [4.69, 9.17) is 11.6 Å². The summed E-state index contributed by atoms with van der Waals surface area (Å²) >= 11 is 8.79. The average Bonchev–Trinajstić information content (AvgIpc) is 2.07. The predicted octanol–water partition coefficient (Wildman–Crippen LogP) is 2.97. The minimum atomic E-state index is -0.515. The number of aromatic nitrogens is 1. The van der Waals surface area contributed by atoms with E-state index in [1.165, 1.54) is 6.20 Å². The second-order valence-corrected chi connectivity index (χ2v) is 3.55. The van der Waals surface area contributed by atoms with Gasteiger partial charge in [-0.3, -0.25) is 10.1 Å². The van der Waals surface area contributed by atoms with Crippen LogP contribution in [0.4, 0.5) is 5.69 Å². The van der Waals surface area contributed by atoms with Crippen molar-refractivity contribution in [2.75, 3.05) is 0 Å². The molecule has 0 aliphatic heterocycles. The lowest BCUT2D eigenvalue weighted by Crippen LogP contribution is -1.98. The van der Waals surface area contributed by atoms with Crippen LogP contribution in [-0.2, 0) is 6.42 Å². The quantitative estimate of drug-likeness (QED) is 0.469. The third kappa shape index (κ3) is 1.97. The minimum absolute atomic E-state index is 0.0648. The maximum absolute atomic E-state index is 10.6. The van der Waals surface area contributed by atoms with E-state index in [9.17, 15) is 10.1 Å². The molecule has 0 aromatic carbocycles. The van der Waals surface area contributed by atoms with Gasteiger partial charge in [-0.25, -0.2) is 4.98 Å². The first-order chi connectivity index (χ1) is 6.07. The fraction of sp³-hybridized carbons (Fsp3) is 0.286. The van der Waals surface area contributed by atoms with Gasteiger partial charge in [0.2, 0.25) is 5.15 Å². The fourth-order valence-corrected chi connectivity index (χ4v) is 1.81. The summed E-state index contributed by atoms with van der Waals surface area (Å²) in [4.78, 5) is 13.8. The topological polar surface area (TPSA) is 56.0 Å². The number of pyridine rings is 1. The normalized spacial score (nSPS) is 10.1. The number of hydrogen-bond donors (Lipinski definition) is 0. The van der Waals surface area contributed by atoms with E-state index in [0.29, 0.717) is 16.5 Å². The van der Waals surface area contributed by atoms with Gasteiger partial charge < -0.3 is 0 Å². The van der Waals surface area contributed by atoms with Gasteiger partial charge in [0.25, 0.3) is 0 Å². The van der Waals surface area contributed by atoms with Crippen LogP contribution in [-0.4, -0.2) is 9.91 Å². The number of nitro groups is 1. The molecule has 0 unspecified atom stereocenters. The SMILES string of the molecule is CCc1c(Br)cnc(Cl)c1[N+](=O)[O-]. The van der Waals surface area contributed by atoms with Crippen LogP contribution in [0.1, 0.15) is 12.5 Å². The zero-order valence-electron chi connectivity index (χ0n) is 6.75. The van der Waals surface area contributed by atoms with Crippen molar-refractivity contribution in [2.24, 2.45) is 0 Å². The van der Waals surface area contributed by atoms with Gasteiger partial charge in [0.15, 0.2) is 0 Å². The summed E-state index contributed by atoms with van der Waals surface area (Å²) in [5.74, 6) is 0. The van der Waals surface area contributed by atoms with Gasteiger partial charge in [0.1, 0.15) is 0 Å². The second kappa shape index (κ2) is 4.02. The Balaban J connectivity index is 3.43. The number of nitrogens with zero attached hydrogens (tertiary/aromatic N) is 2. The van der Waals surface area contributed by atoms with Crippen LogP contribution < -0.4 is 0 Å². The van der Waals surface area contributed by atoms with Crippen LogP contribution >= 0.6 is 27.5 Å². The second-order valence-electron chi connectivity index (χ2n) is 2.33. The first-order valence-corrected chi connectivity index (χ1v) is 4.72. The first kappa shape index (κ1) is 10.4. The van der Waals surface area contributed by atoms with Crippen molar-refractivity contribution >= 4 is 33.2 Å². The van der Waals surface area contributed by atoms with Crippen molar-refractivity contribution in [3.8, 4) is 0 Å². The Bertz CT molecular complexity index is 357. The zero-order chi connectivity index (χ0) is 10.0. The van der Waals surface area contributed by atoms with E-state index in [0.717, 1.165) is 0 Å². The largest absolute Gasteiger partial charge is 0.310 e. The highest BCUT2D eigenvalue weighted by Crippen LogP contribution is 2.31. The Labute approximate surface area is 88.2 Å². The van der Waals surface area contributed by atoms with Gasteiger partial charge in [-0.1, -0.05) is 18.5 Å². The Hall–Kier alpha value is -0.680. The molecule has 0 amide bonds. The smallest absolute Gasteiger partial charge is 0.258 e. The van der Waals surface area contributed by atoms with Crippen molar-refractivity contribution in [1.82, 2.24) is 4.98 Å². The summed E-state index contributed by atoms with van der Waals surface area (Å²) in [5, 5.41) is 10.5. The van der Waals surface area contributed by atoms with Gasteiger partial charge in [-0.05, 0) is 22.4 Å². The van der Waals surface area contributed by atoms with E-state index >= 15 is 0 Å². The minimum Gasteiger partial charge on any atom is -0.258 e. The summed E-state index contributed by atoms with van der Waals surface area (Å²) in [6.07, 6.45) is 2.01. The molecule has 0 radical (unpaired) electrons. The summed E-state index contributed by atoms with van der Waals surface area (Å²) in [5.41, 5.74) is 0.462. The van der Waals surface area contributed by atoms with Gasteiger partial charge in [0.05, 0.1) is 4.92 Å². The highest BCUT2D eigenvalue weighted by Gasteiger charge is 2.20. The highest BCUT2D eigenvalue weighted by molar-refractivity contribution is 9.10. The maximum atomic E-state index is 10.6. The van der Waals surface area contributed by atoms with Crippen LogP contribution in [0, 0.1) is 10.1 Å². The molecule has 70 valence electrons. The lowest BCUT2D eigenvalue weighted by Gasteiger charge is -2.02. The van der Waals surface area contributed by atoms with Gasteiger partial charge in [0, 0.05) is 16.2 Å². The molecule has 0 fully saturated rings. The van der Waals surface area contributed by atoms with Crippen molar-refractivity contribution in [3.63, 3.8) is 0 Å². The molecular formula is C7H6BrClN2O2. The molecule has 0 aliphatic carbocycles. The van der Waals surface area contributed by atoms with Crippen LogP contribution in [0.5, 0.6) is 0 Å². The predicted molar refractivity (Wildman–Crippen MR) is 53.0 cm³/mol. The van der Waals surface area contributed by atoms with Crippen molar-refractivity contribution in [1.29, 1.82) is 0 Å². The summed E-state index contributed by atoms with van der Waals surface area (Å²) < 4.78 is 0.617. The molecule has 0 saturated carbocycles. The van der Waals surface area contributed by atoms with Crippen LogP contribution in [0.3, 0.4) is 0 Å². The van der Waals surface area contributed by atoms with Gasteiger partial charge >= 0.3 is 5.69 Å². The van der Waals surface area contributed by atoms with Gasteiger partial charge in [-0.2, -0.15) is 0 Å². The molecule has 0 N–H and O–H groups in total. The van der Waals surface area contributed by atoms with Crippen molar-refractivity contribution in [2.45, 2.75) is 13.3 Å². The Morgan fingerprint density at radius 2 is 2.38 bits per heavy atom. The number of rotatable bonds is 2. The van der Waals surface area contributed by atoms with Crippen LogP contribution in [0.25, 0.3) is 0 Å². The molecule has 4 nitrogen and oxygen atoms in total. The molecule has 1 aromatic rings. The molecule has 0 bridgehead atoms. The lowest BCUT2D eigenvalue weighted by molar-refractivity contribution is -0.385. The summed E-state index contributed by atoms with van der Waals surface area (Å²) in [7, 11) is 0. The fourth-order valence-electron chi connectivity index (χ4n) is 1.01. The molecule has 1 rings (SSSR count). The molecule has 0 atom stereocenters. The standard InChI is InChI=1S/C7H6BrClN2O2/c1-2-4-5(8)3-10-7(9)6(4)11(12)13/h3H,2H2,1H3. The van der Waals surface area contributed by atoms with E-state index < -0.39 is 4.92 Å². The molecule has 13 heavy (non-hydrogen) atoms. The van der Waals surface area contributed by atoms with Crippen molar-refractivity contribution in [3.05, 3.63) is 31.5 Å². The molecule has 1 aromatic heterocycles. The zero-order valence-corrected chi connectivity index (χ0v) is 9.09. The highest BCUT2D eigenvalue weighted by atomic mass is 79.9. The molecule has 6 heteroatoms. The Morgan fingerprint density at radius 3 is 2.77 bits per heavy atom. The summed E-state index contributed by atoms with van der Waals surface area (Å²) in [6, 6.07) is 0. The third-order valence-electron chi connectivity index (χ3n) is 1.60. The molecule has 1 heterocycles. The van der Waals surface area contributed by atoms with Crippen molar-refractivity contribution < 1.29 is 4.92 Å². The number of halogens is 2. The van der Waals surface area contributed by atoms with Gasteiger partial charge in [-0.15, -0.1) is 0 Å². The van der Waals surface area contributed by atoms with Crippen LogP contribution in [0.2, 0.25) is 5.15 Å². The first-order valence-electron chi connectivity index (χ1n) is 3.55. The molecule has 0 aliphatic rings. The maximum Gasteiger partial charge on any atom is 0.310 e. The third-order valence-corrected chi connectivity index (χ3v) is 2.56. The van der Waals surface area contributed by atoms with E-state index in [1.807, 2.05) is 6.92 Å². The van der Waals surface area contributed by atoms with E-state index in [-0.39, 0.29) is 10.8 Å². The molecular weight excluding hydrogens is 259 g/mol. The Morgan fingerprint density at radius 1 is 1.77 bits per heavy atom. The number of hydrogen-bond acceptors (Lipinski definition) is 3. The Kier molecular flexibility index (Phi) is 3.22. The molecule has 0 spiro atoms. The summed E-state index contributed by atoms with van der Waals surface area (Å²) in [6.45, 7) is 1.82. The van der Waals surface area contributed by atoms with E-state index in [1.54, 1.807) is 0 Å². The van der Waals surface area contributed by atoms with E-state index in [2.05, 4.69) is 20.9 Å².